The van der Waals surface area contributed by atoms with E-state index >= 15 is 0 Å². The van der Waals surface area contributed by atoms with E-state index in [1.165, 1.54) is 0 Å². The van der Waals surface area contributed by atoms with Gasteiger partial charge in [-0.2, -0.15) is 0 Å². The zero-order valence-corrected chi connectivity index (χ0v) is 25.8. The number of halogens is 1. The summed E-state index contributed by atoms with van der Waals surface area (Å²) in [6.45, 7) is 10.1. The van der Waals surface area contributed by atoms with E-state index in [4.69, 9.17) is 14.5 Å². The molecule has 6 rings (SSSR count). The van der Waals surface area contributed by atoms with Gasteiger partial charge in [0.15, 0.2) is 0 Å². The molecule has 4 unspecified atom stereocenters. The Kier molecular flexibility index (Phi) is 7.03. The lowest BCUT2D eigenvalue weighted by molar-refractivity contribution is 0.0124. The molecule has 1 aliphatic carbocycles. The van der Waals surface area contributed by atoms with Crippen molar-refractivity contribution in [2.24, 2.45) is 10.4 Å². The van der Waals surface area contributed by atoms with Crippen molar-refractivity contribution in [3.8, 4) is 0 Å². The third-order valence-electron chi connectivity index (χ3n) is 8.92. The molecule has 3 aliphatic heterocycles. The van der Waals surface area contributed by atoms with Crippen molar-refractivity contribution in [2.75, 3.05) is 40.0 Å². The molecule has 41 heavy (non-hydrogen) atoms. The quantitative estimate of drug-likeness (QED) is 0.439. The van der Waals surface area contributed by atoms with Gasteiger partial charge in [0.2, 0.25) is 0 Å². The monoisotopic (exact) mass is 620 g/mol. The molecule has 0 spiro atoms. The van der Waals surface area contributed by atoms with Gasteiger partial charge >= 0.3 is 6.03 Å². The number of aliphatic hydroxyl groups excluding tert-OH is 1. The van der Waals surface area contributed by atoms with E-state index in [0.29, 0.717) is 37.8 Å². The molecule has 3 heterocycles. The Morgan fingerprint density at radius 3 is 2.37 bits per heavy atom. The summed E-state index contributed by atoms with van der Waals surface area (Å²) < 4.78 is 13.5. The van der Waals surface area contributed by atoms with Gasteiger partial charge in [0.25, 0.3) is 0 Å². The number of fused-ring (bicyclic) bond motifs is 2. The number of hydrogen-bond donors (Lipinski definition) is 1. The molecule has 9 heteroatoms. The summed E-state index contributed by atoms with van der Waals surface area (Å²) in [4.78, 5) is 26.1. The van der Waals surface area contributed by atoms with Crippen LogP contribution >= 0.6 is 15.9 Å². The standard InChI is InChI=1S/C32H37BrN4O4/c1-6-41-24-19-31(3,40-5)27-28-32(24,4)29-34-25(21-11-13-23(33)14-12-21)26(22-9-7-20(2)8-10-22)37(29)30(39)36(28)16-15-35(27)17-18-38/h7-14,19,25-26,38H,6,15-18H2,1-5H3. The fraction of sp³-hybridized carbons (Fsp3) is 0.438. The first-order chi connectivity index (χ1) is 19.7. The van der Waals surface area contributed by atoms with Crippen LogP contribution in [0.15, 0.2) is 81.2 Å². The topological polar surface area (TPSA) is 77.8 Å². The van der Waals surface area contributed by atoms with Crippen LogP contribution in [0.3, 0.4) is 0 Å². The maximum atomic E-state index is 14.7. The van der Waals surface area contributed by atoms with Crippen LogP contribution in [0.1, 0.15) is 49.5 Å². The minimum Gasteiger partial charge on any atom is -0.497 e. The van der Waals surface area contributed by atoms with Gasteiger partial charge in [-0.1, -0.05) is 57.9 Å². The molecule has 0 aromatic heterocycles. The Morgan fingerprint density at radius 1 is 1.05 bits per heavy atom. The van der Waals surface area contributed by atoms with E-state index in [2.05, 4.69) is 71.1 Å². The normalized spacial score (nSPS) is 28.9. The molecule has 1 fully saturated rings. The van der Waals surface area contributed by atoms with E-state index in [0.717, 1.165) is 32.6 Å². The first-order valence-corrected chi connectivity index (χ1v) is 15.0. The predicted octanol–water partition coefficient (Wildman–Crippen LogP) is 5.55. The number of methoxy groups -OCH3 is 1. The molecule has 0 radical (unpaired) electrons. The number of amides is 2. The average molecular weight is 622 g/mol. The fourth-order valence-electron chi connectivity index (χ4n) is 6.86. The van der Waals surface area contributed by atoms with Crippen molar-refractivity contribution >= 4 is 27.8 Å². The van der Waals surface area contributed by atoms with E-state index < -0.39 is 11.0 Å². The molecule has 0 saturated carbocycles. The van der Waals surface area contributed by atoms with Gasteiger partial charge in [0, 0.05) is 31.2 Å². The van der Waals surface area contributed by atoms with E-state index in [1.807, 2.05) is 41.9 Å². The highest BCUT2D eigenvalue weighted by molar-refractivity contribution is 9.10. The molecule has 2 aromatic carbocycles. The van der Waals surface area contributed by atoms with Crippen molar-refractivity contribution < 1.29 is 19.4 Å². The second-order valence-electron chi connectivity index (χ2n) is 11.4. The minimum atomic E-state index is -0.851. The summed E-state index contributed by atoms with van der Waals surface area (Å²) >= 11 is 3.57. The van der Waals surface area contributed by atoms with E-state index in [9.17, 15) is 9.90 Å². The van der Waals surface area contributed by atoms with Gasteiger partial charge in [-0.05, 0) is 57.0 Å². The van der Waals surface area contributed by atoms with Crippen molar-refractivity contribution in [3.05, 3.63) is 92.9 Å². The van der Waals surface area contributed by atoms with Gasteiger partial charge < -0.3 is 19.5 Å². The Labute approximate surface area is 250 Å². The van der Waals surface area contributed by atoms with Crippen molar-refractivity contribution in [3.63, 3.8) is 0 Å². The second-order valence-corrected chi connectivity index (χ2v) is 12.3. The lowest BCUT2D eigenvalue weighted by Gasteiger charge is -2.57. The number of β-amino-alcohol motifs (C(OH)–C–C–N with tert-alkyl or cyclic N) is 1. The number of hydrogen-bond acceptors (Lipinski definition) is 6. The molecule has 2 amide bonds. The number of nitrogens with zero attached hydrogens (tertiary/aromatic N) is 4. The number of carbonyl (C=O) groups is 1. The van der Waals surface area contributed by atoms with Crippen molar-refractivity contribution in [1.29, 1.82) is 0 Å². The minimum absolute atomic E-state index is 0.00250. The number of benzene rings is 2. The van der Waals surface area contributed by atoms with Gasteiger partial charge in [0.05, 0.1) is 30.6 Å². The Hall–Kier alpha value is -3.14. The molecule has 8 nitrogen and oxygen atoms in total. The first-order valence-electron chi connectivity index (χ1n) is 14.2. The smallest absolute Gasteiger partial charge is 0.330 e. The third-order valence-corrected chi connectivity index (χ3v) is 9.45. The summed E-state index contributed by atoms with van der Waals surface area (Å²) in [5.74, 6) is 1.39. The highest BCUT2D eigenvalue weighted by Gasteiger charge is 2.63. The lowest BCUT2D eigenvalue weighted by atomic mass is 9.70. The van der Waals surface area contributed by atoms with Crippen molar-refractivity contribution in [1.82, 2.24) is 14.7 Å². The molecule has 0 bridgehead atoms. The fourth-order valence-corrected chi connectivity index (χ4v) is 7.13. The van der Waals surface area contributed by atoms with Crippen LogP contribution in [-0.2, 0) is 9.47 Å². The Balaban J connectivity index is 1.62. The van der Waals surface area contributed by atoms with Crippen LogP contribution in [0.4, 0.5) is 4.79 Å². The number of urea groups is 1. The highest BCUT2D eigenvalue weighted by atomic mass is 79.9. The SMILES string of the molecule is CCOC1=CC(C)(OC)C2=C3N(CCN2CCO)C(=O)N2C(=NC(c4ccc(Br)cc4)C2c2ccc(C)cc2)C13C. The maximum absolute atomic E-state index is 14.7. The number of amidine groups is 1. The van der Waals surface area contributed by atoms with Gasteiger partial charge in [-0.15, -0.1) is 0 Å². The Bertz CT molecular complexity index is 1450. The lowest BCUT2D eigenvalue weighted by Crippen LogP contribution is -2.66. The summed E-state index contributed by atoms with van der Waals surface area (Å²) in [7, 11) is 1.67. The average Bonchev–Trinajstić information content (AvgIpc) is 3.37. The van der Waals surface area contributed by atoms with Gasteiger partial charge in [-0.3, -0.25) is 14.8 Å². The van der Waals surface area contributed by atoms with Crippen LogP contribution in [0.25, 0.3) is 0 Å². The van der Waals surface area contributed by atoms with Crippen LogP contribution in [-0.4, -0.2) is 77.2 Å². The zero-order chi connectivity index (χ0) is 29.1. The largest absolute Gasteiger partial charge is 0.497 e. The summed E-state index contributed by atoms with van der Waals surface area (Å²) in [6, 6.07) is 15.9. The molecule has 1 saturated heterocycles. The maximum Gasteiger partial charge on any atom is 0.330 e. The molecule has 216 valence electrons. The number of aryl methyl sites for hydroxylation is 1. The summed E-state index contributed by atoms with van der Waals surface area (Å²) in [6.07, 6.45) is 2.04. The first kappa shape index (κ1) is 28.0. The van der Waals surface area contributed by atoms with Crippen LogP contribution in [0.5, 0.6) is 0 Å². The predicted molar refractivity (Wildman–Crippen MR) is 161 cm³/mol. The number of aliphatic imine (C=N–C) groups is 1. The van der Waals surface area contributed by atoms with Crippen molar-refractivity contribution in [2.45, 2.75) is 45.4 Å². The van der Waals surface area contributed by atoms with Crippen LogP contribution < -0.4 is 0 Å². The molecule has 4 aliphatic rings. The Morgan fingerprint density at radius 2 is 1.73 bits per heavy atom. The number of aliphatic hydroxyl groups is 1. The molecule has 1 N–H and O–H groups in total. The summed E-state index contributed by atoms with van der Waals surface area (Å²) in [5, 5.41) is 9.96. The summed E-state index contributed by atoms with van der Waals surface area (Å²) in [5.41, 5.74) is 3.23. The van der Waals surface area contributed by atoms with E-state index in [-0.39, 0.29) is 24.7 Å². The molecule has 2 aromatic rings. The molecule has 4 atom stereocenters. The zero-order valence-electron chi connectivity index (χ0n) is 24.2. The van der Waals surface area contributed by atoms with Gasteiger partial charge in [-0.25, -0.2) is 4.79 Å². The third kappa shape index (κ3) is 4.15. The number of rotatable bonds is 7. The number of ether oxygens (including phenoxy) is 2. The van der Waals surface area contributed by atoms with Crippen LogP contribution in [0.2, 0.25) is 0 Å². The van der Waals surface area contributed by atoms with Crippen LogP contribution in [0, 0.1) is 12.3 Å². The van der Waals surface area contributed by atoms with Gasteiger partial charge in [0.1, 0.15) is 28.7 Å². The molecular formula is C32H37BrN4O4. The molecular weight excluding hydrogens is 584 g/mol. The number of carbonyl (C=O) groups excluding carboxylic acids is 1. The second kappa shape index (κ2) is 10.3. The highest BCUT2D eigenvalue weighted by Crippen LogP contribution is 2.58. The van der Waals surface area contributed by atoms with E-state index in [1.54, 1.807) is 7.11 Å².